The summed E-state index contributed by atoms with van der Waals surface area (Å²) in [6, 6.07) is 6.29. The molecule has 0 unspecified atom stereocenters. The van der Waals surface area contributed by atoms with E-state index in [1.54, 1.807) is 0 Å². The lowest BCUT2D eigenvalue weighted by molar-refractivity contribution is -0.697. The molecule has 1 heterocycles. The number of nitrogens with zero attached hydrogens (tertiary/aromatic N) is 1. The predicted octanol–water partition coefficient (Wildman–Crippen LogP) is 3.26. The molecule has 0 aromatic carbocycles. The van der Waals surface area contributed by atoms with Crippen molar-refractivity contribution in [2.24, 2.45) is 0 Å². The molecule has 0 N–H and O–H groups in total. The van der Waals surface area contributed by atoms with Crippen LogP contribution in [-0.2, 0) is 11.3 Å². The second-order valence-electron chi connectivity index (χ2n) is 5.43. The van der Waals surface area contributed by atoms with Gasteiger partial charge in [0.05, 0.1) is 0 Å². The third kappa shape index (κ3) is 16.6. The van der Waals surface area contributed by atoms with Crippen LogP contribution in [0.5, 0.6) is 0 Å². The number of aliphatic carboxylic acids is 1. The van der Waals surface area contributed by atoms with Gasteiger partial charge in [-0.1, -0.05) is 57.9 Å². The molecular formula is C18H31NO2. The van der Waals surface area contributed by atoms with Gasteiger partial charge in [-0.15, -0.1) is 0 Å². The van der Waals surface area contributed by atoms with Crippen LogP contribution in [0.3, 0.4) is 0 Å². The van der Waals surface area contributed by atoms with Crippen LogP contribution in [0.4, 0.5) is 0 Å². The number of carboxylic acids is 1. The van der Waals surface area contributed by atoms with Crippen LogP contribution in [0.2, 0.25) is 0 Å². The highest BCUT2D eigenvalue weighted by molar-refractivity contribution is 5.60. The van der Waals surface area contributed by atoms with Gasteiger partial charge in [0.25, 0.3) is 0 Å². The smallest absolute Gasteiger partial charge is 0.168 e. The second kappa shape index (κ2) is 15.0. The molecule has 3 nitrogen and oxygen atoms in total. The first kappa shape index (κ1) is 19.6. The third-order valence-electron chi connectivity index (χ3n) is 3.30. The van der Waals surface area contributed by atoms with Gasteiger partial charge in [-0.25, -0.2) is 4.57 Å². The summed E-state index contributed by atoms with van der Waals surface area (Å²) >= 11 is 0. The minimum atomic E-state index is -1.08. The van der Waals surface area contributed by atoms with Gasteiger partial charge < -0.3 is 9.90 Å². The summed E-state index contributed by atoms with van der Waals surface area (Å²) in [5.41, 5.74) is 0. The first-order valence-corrected chi connectivity index (χ1v) is 8.28. The van der Waals surface area contributed by atoms with Crippen molar-refractivity contribution < 1.29 is 14.5 Å². The van der Waals surface area contributed by atoms with Crippen LogP contribution >= 0.6 is 0 Å². The fourth-order valence-electron chi connectivity index (χ4n) is 2.19. The molecule has 0 aliphatic rings. The molecule has 0 atom stereocenters. The molecule has 3 heteroatoms. The second-order valence-corrected chi connectivity index (χ2v) is 5.43. The largest absolute Gasteiger partial charge is 0.550 e. The van der Waals surface area contributed by atoms with E-state index in [-0.39, 0.29) is 0 Å². The third-order valence-corrected chi connectivity index (χ3v) is 3.30. The van der Waals surface area contributed by atoms with Crippen molar-refractivity contribution in [2.45, 2.75) is 78.2 Å². The topological polar surface area (TPSA) is 44.0 Å². The number of carboxylic acid groups (broad SMARTS) is 1. The summed E-state index contributed by atoms with van der Waals surface area (Å²) in [5.74, 6) is -1.08. The molecule has 0 spiro atoms. The molecule has 0 fully saturated rings. The van der Waals surface area contributed by atoms with Crippen LogP contribution < -0.4 is 9.67 Å². The van der Waals surface area contributed by atoms with E-state index in [2.05, 4.69) is 42.1 Å². The van der Waals surface area contributed by atoms with Gasteiger partial charge in [0, 0.05) is 24.5 Å². The van der Waals surface area contributed by atoms with Crippen LogP contribution in [0.15, 0.2) is 30.6 Å². The van der Waals surface area contributed by atoms with Crippen LogP contribution in [-0.4, -0.2) is 5.97 Å². The van der Waals surface area contributed by atoms with E-state index in [1.807, 2.05) is 0 Å². The van der Waals surface area contributed by atoms with Crippen LogP contribution in [0.1, 0.15) is 71.6 Å². The summed E-state index contributed by atoms with van der Waals surface area (Å²) in [6.07, 6.45) is 17.0. The van der Waals surface area contributed by atoms with Crippen molar-refractivity contribution in [1.29, 1.82) is 0 Å². The zero-order valence-electron chi connectivity index (χ0n) is 13.7. The van der Waals surface area contributed by atoms with E-state index >= 15 is 0 Å². The molecule has 0 aliphatic heterocycles. The maximum atomic E-state index is 8.89. The summed E-state index contributed by atoms with van der Waals surface area (Å²) in [7, 11) is 0. The molecular weight excluding hydrogens is 262 g/mol. The summed E-state index contributed by atoms with van der Waals surface area (Å²) < 4.78 is 2.28. The number of aryl methyl sites for hydroxylation is 1. The summed E-state index contributed by atoms with van der Waals surface area (Å²) in [4.78, 5) is 8.89. The number of rotatable bonds is 10. The number of hydrogen-bond donors (Lipinski definition) is 0. The van der Waals surface area contributed by atoms with E-state index in [0.717, 1.165) is 6.92 Å². The van der Waals surface area contributed by atoms with Gasteiger partial charge in [0.1, 0.15) is 6.54 Å². The normalized spacial score (nSPS) is 9.81. The van der Waals surface area contributed by atoms with Crippen molar-refractivity contribution >= 4 is 5.97 Å². The minimum absolute atomic E-state index is 0.972. The van der Waals surface area contributed by atoms with Crippen molar-refractivity contribution in [3.05, 3.63) is 30.6 Å². The Bertz CT molecular complexity index is 334. The highest BCUT2D eigenvalue weighted by Crippen LogP contribution is 2.09. The Balaban J connectivity index is 0.000000885. The Morgan fingerprint density at radius 3 is 1.76 bits per heavy atom. The van der Waals surface area contributed by atoms with Gasteiger partial charge in [-0.05, 0) is 13.3 Å². The summed E-state index contributed by atoms with van der Waals surface area (Å²) in [5, 5.41) is 8.89. The van der Waals surface area contributed by atoms with Crippen molar-refractivity contribution in [1.82, 2.24) is 0 Å². The maximum absolute atomic E-state index is 8.89. The average molecular weight is 293 g/mol. The van der Waals surface area contributed by atoms with Crippen molar-refractivity contribution in [3.8, 4) is 0 Å². The lowest BCUT2D eigenvalue weighted by atomic mass is 10.1. The monoisotopic (exact) mass is 293 g/mol. The molecule has 0 aliphatic carbocycles. The zero-order valence-corrected chi connectivity index (χ0v) is 13.7. The maximum Gasteiger partial charge on any atom is 0.168 e. The van der Waals surface area contributed by atoms with Crippen molar-refractivity contribution in [3.63, 3.8) is 0 Å². The zero-order chi connectivity index (χ0) is 15.8. The molecule has 0 radical (unpaired) electrons. The van der Waals surface area contributed by atoms with Gasteiger partial charge in [-0.2, -0.15) is 0 Å². The van der Waals surface area contributed by atoms with E-state index in [9.17, 15) is 0 Å². The molecule has 0 saturated heterocycles. The lowest BCUT2D eigenvalue weighted by Gasteiger charge is -2.00. The molecule has 0 bridgehead atoms. The fraction of sp³-hybridized carbons (Fsp3) is 0.667. The summed E-state index contributed by atoms with van der Waals surface area (Å²) in [6.45, 7) is 4.43. The van der Waals surface area contributed by atoms with Gasteiger partial charge in [0.2, 0.25) is 0 Å². The Hall–Kier alpha value is -1.38. The number of carbonyl (C=O) groups is 1. The average Bonchev–Trinajstić information content (AvgIpc) is 2.46. The number of pyridine rings is 1. The predicted molar refractivity (Wildman–Crippen MR) is 84.5 cm³/mol. The standard InChI is InChI=1S/C16H28N.C2H4O2/c1-2-3-4-5-6-7-8-9-11-14-17-15-12-10-13-16-17;1-2(3)4/h10,12-13,15-16H,2-9,11,14H2,1H3;1H3,(H,3,4)/q+1;/p-1. The fourth-order valence-corrected chi connectivity index (χ4v) is 2.19. The van der Waals surface area contributed by atoms with E-state index < -0.39 is 5.97 Å². The van der Waals surface area contributed by atoms with E-state index in [4.69, 9.17) is 9.90 Å². The van der Waals surface area contributed by atoms with Gasteiger partial charge in [-0.3, -0.25) is 0 Å². The van der Waals surface area contributed by atoms with Gasteiger partial charge >= 0.3 is 0 Å². The number of hydrogen-bond acceptors (Lipinski definition) is 2. The highest BCUT2D eigenvalue weighted by atomic mass is 16.4. The van der Waals surface area contributed by atoms with Crippen LogP contribution in [0, 0.1) is 0 Å². The molecule has 0 amide bonds. The Morgan fingerprint density at radius 1 is 0.857 bits per heavy atom. The first-order valence-electron chi connectivity index (χ1n) is 8.28. The highest BCUT2D eigenvalue weighted by Gasteiger charge is 1.97. The molecule has 120 valence electrons. The first-order chi connectivity index (χ1) is 10.2. The lowest BCUT2D eigenvalue weighted by Crippen LogP contribution is -2.32. The molecule has 1 rings (SSSR count). The SMILES string of the molecule is CC(=O)[O-].CCCCCCCCCCC[n+]1ccccc1. The van der Waals surface area contributed by atoms with E-state index in [0.29, 0.717) is 0 Å². The van der Waals surface area contributed by atoms with Crippen LogP contribution in [0.25, 0.3) is 0 Å². The van der Waals surface area contributed by atoms with E-state index in [1.165, 1.54) is 64.3 Å². The van der Waals surface area contributed by atoms with Crippen molar-refractivity contribution in [2.75, 3.05) is 0 Å². The Kier molecular flexibility index (Phi) is 14.0. The minimum Gasteiger partial charge on any atom is -0.550 e. The number of aromatic nitrogens is 1. The Labute approximate surface area is 130 Å². The Morgan fingerprint density at radius 2 is 1.29 bits per heavy atom. The molecule has 21 heavy (non-hydrogen) atoms. The molecule has 1 aromatic heterocycles. The van der Waals surface area contributed by atoms with Gasteiger partial charge in [0.15, 0.2) is 12.4 Å². The molecule has 1 aromatic rings. The number of carbonyl (C=O) groups excluding carboxylic acids is 1. The number of unbranched alkanes of at least 4 members (excludes halogenated alkanes) is 8. The molecule has 0 saturated carbocycles. The quantitative estimate of drug-likeness (QED) is 0.491.